The van der Waals surface area contributed by atoms with E-state index in [1.165, 1.54) is 12.1 Å². The molecule has 1 aliphatic heterocycles. The summed E-state index contributed by atoms with van der Waals surface area (Å²) >= 11 is 12.4. The molecule has 0 bridgehead atoms. The number of anilines is 1. The quantitative estimate of drug-likeness (QED) is 0.850. The average molecular weight is 382 g/mol. The van der Waals surface area contributed by atoms with Crippen LogP contribution in [-0.2, 0) is 6.42 Å². The predicted molar refractivity (Wildman–Crippen MR) is 96.1 cm³/mol. The molecule has 25 heavy (non-hydrogen) atoms. The maximum absolute atomic E-state index is 11.5. The van der Waals surface area contributed by atoms with Crippen molar-refractivity contribution in [1.29, 1.82) is 0 Å². The Morgan fingerprint density at radius 1 is 1.36 bits per heavy atom. The third-order valence-corrected chi connectivity index (χ3v) is 5.19. The van der Waals surface area contributed by atoms with Gasteiger partial charge in [0.05, 0.1) is 35.1 Å². The van der Waals surface area contributed by atoms with E-state index in [0.717, 1.165) is 19.4 Å². The number of aromatic nitrogens is 2. The summed E-state index contributed by atoms with van der Waals surface area (Å²) < 4.78 is 5.08. The van der Waals surface area contributed by atoms with Gasteiger partial charge in [-0.05, 0) is 37.0 Å². The Bertz CT molecular complexity index is 783. The van der Waals surface area contributed by atoms with Gasteiger partial charge >= 0.3 is 5.97 Å². The van der Waals surface area contributed by atoms with Gasteiger partial charge in [-0.25, -0.2) is 14.8 Å². The normalized spacial score (nSPS) is 16.9. The van der Waals surface area contributed by atoms with E-state index in [-0.39, 0.29) is 11.6 Å². The maximum Gasteiger partial charge on any atom is 0.336 e. The zero-order valence-electron chi connectivity index (χ0n) is 13.6. The number of carboxylic acids is 1. The second-order valence-electron chi connectivity index (χ2n) is 5.81. The fourth-order valence-corrected chi connectivity index (χ4v) is 3.52. The Morgan fingerprint density at radius 2 is 2.08 bits per heavy atom. The molecule has 1 aromatic heterocycles. The van der Waals surface area contributed by atoms with Crippen LogP contribution in [0, 0.1) is 0 Å². The van der Waals surface area contributed by atoms with Crippen molar-refractivity contribution in [3.05, 3.63) is 45.7 Å². The van der Waals surface area contributed by atoms with E-state index in [4.69, 9.17) is 27.9 Å². The van der Waals surface area contributed by atoms with E-state index < -0.39 is 5.97 Å². The predicted octanol–water partition coefficient (Wildman–Crippen LogP) is 3.70. The van der Waals surface area contributed by atoms with Crippen LogP contribution in [-0.4, -0.2) is 40.7 Å². The summed E-state index contributed by atoms with van der Waals surface area (Å²) in [6, 6.07) is 3.06. The zero-order chi connectivity index (χ0) is 18.0. The third-order valence-electron chi connectivity index (χ3n) is 4.35. The molecule has 0 saturated carbocycles. The van der Waals surface area contributed by atoms with Crippen molar-refractivity contribution in [3.63, 3.8) is 0 Å². The molecule has 1 saturated heterocycles. The number of hydrogen-bond acceptors (Lipinski definition) is 5. The first-order chi connectivity index (χ1) is 12.0. The fourth-order valence-electron chi connectivity index (χ4n) is 3.10. The van der Waals surface area contributed by atoms with Crippen LogP contribution in [0.25, 0.3) is 0 Å². The van der Waals surface area contributed by atoms with Crippen LogP contribution in [0.5, 0.6) is 5.75 Å². The van der Waals surface area contributed by atoms with E-state index in [2.05, 4.69) is 14.9 Å². The van der Waals surface area contributed by atoms with Crippen LogP contribution in [0.2, 0.25) is 10.0 Å². The molecular weight excluding hydrogens is 365 g/mol. The fraction of sp³-hybridized carbons (Fsp3) is 0.353. The summed E-state index contributed by atoms with van der Waals surface area (Å²) in [6.07, 6.45) is 5.58. The molecule has 3 rings (SSSR count). The summed E-state index contributed by atoms with van der Waals surface area (Å²) in [5.41, 5.74) is 0.726. The zero-order valence-corrected chi connectivity index (χ0v) is 15.1. The van der Waals surface area contributed by atoms with Crippen molar-refractivity contribution in [1.82, 2.24) is 9.97 Å². The molecule has 132 valence electrons. The minimum absolute atomic E-state index is 0.0578. The molecule has 2 aromatic rings. The van der Waals surface area contributed by atoms with Crippen molar-refractivity contribution < 1.29 is 14.6 Å². The molecule has 1 aromatic carbocycles. The van der Waals surface area contributed by atoms with Crippen LogP contribution in [0.1, 0.15) is 28.8 Å². The lowest BCUT2D eigenvalue weighted by atomic mass is 9.98. The van der Waals surface area contributed by atoms with E-state index >= 15 is 0 Å². The second-order valence-corrected chi connectivity index (χ2v) is 6.59. The summed E-state index contributed by atoms with van der Waals surface area (Å²) in [4.78, 5) is 22.3. The number of hydrogen-bond donors (Lipinski definition) is 1. The first kappa shape index (κ1) is 17.8. The molecule has 1 N–H and O–H groups in total. The molecular formula is C17H17Cl2N3O3. The lowest BCUT2D eigenvalue weighted by Gasteiger charge is -2.25. The largest absolute Gasteiger partial charge is 0.494 e. The first-order valence-corrected chi connectivity index (χ1v) is 8.59. The van der Waals surface area contributed by atoms with Crippen LogP contribution in [0.4, 0.5) is 5.95 Å². The van der Waals surface area contributed by atoms with E-state index in [1.54, 1.807) is 19.5 Å². The molecule has 0 aliphatic carbocycles. The molecule has 0 spiro atoms. The van der Waals surface area contributed by atoms with Crippen molar-refractivity contribution in [3.8, 4) is 5.75 Å². The molecule has 0 amide bonds. The van der Waals surface area contributed by atoms with Crippen LogP contribution < -0.4 is 9.64 Å². The first-order valence-electron chi connectivity index (χ1n) is 7.84. The van der Waals surface area contributed by atoms with E-state index in [1.807, 2.05) is 0 Å². The molecule has 1 atom stereocenters. The number of aromatic carboxylic acids is 1. The topological polar surface area (TPSA) is 75.5 Å². The molecule has 1 aliphatic rings. The summed E-state index contributed by atoms with van der Waals surface area (Å²) in [6.45, 7) is 0.803. The van der Waals surface area contributed by atoms with Gasteiger partial charge in [0.2, 0.25) is 5.95 Å². The van der Waals surface area contributed by atoms with Gasteiger partial charge < -0.3 is 14.7 Å². The number of benzene rings is 1. The Hall–Kier alpha value is -2.05. The Balaban J connectivity index is 1.89. The molecule has 6 nitrogen and oxygen atoms in total. The molecule has 0 radical (unpaired) electrons. The standard InChI is InChI=1S/C17H17Cl2N3O3/c1-25-11-8-20-17(21-9-11)22-6-2-3-10(22)7-13-12(16(23)24)4-5-14(18)15(13)19/h4-5,8-10H,2-3,6-7H2,1H3,(H,23,24). The second kappa shape index (κ2) is 7.45. The minimum Gasteiger partial charge on any atom is -0.494 e. The SMILES string of the molecule is COc1cnc(N2CCCC2Cc2c(C(=O)O)ccc(Cl)c2Cl)nc1. The third kappa shape index (κ3) is 3.65. The van der Waals surface area contributed by atoms with Gasteiger partial charge in [-0.2, -0.15) is 0 Å². The van der Waals surface area contributed by atoms with Crippen molar-refractivity contribution in [2.24, 2.45) is 0 Å². The number of nitrogens with zero attached hydrogens (tertiary/aromatic N) is 3. The summed E-state index contributed by atoms with van der Waals surface area (Å²) in [7, 11) is 1.56. The molecule has 1 fully saturated rings. The number of ether oxygens (including phenoxy) is 1. The minimum atomic E-state index is -1.01. The van der Waals surface area contributed by atoms with Crippen LogP contribution in [0.3, 0.4) is 0 Å². The molecule has 2 heterocycles. The van der Waals surface area contributed by atoms with Gasteiger partial charge in [0.1, 0.15) is 0 Å². The highest BCUT2D eigenvalue weighted by molar-refractivity contribution is 6.42. The van der Waals surface area contributed by atoms with E-state index in [0.29, 0.717) is 33.7 Å². The smallest absolute Gasteiger partial charge is 0.336 e. The van der Waals surface area contributed by atoms with Crippen molar-refractivity contribution in [2.45, 2.75) is 25.3 Å². The average Bonchev–Trinajstić information content (AvgIpc) is 3.07. The number of carboxylic acid groups (broad SMARTS) is 1. The van der Waals surface area contributed by atoms with Crippen LogP contribution in [0.15, 0.2) is 24.5 Å². The Morgan fingerprint density at radius 3 is 2.72 bits per heavy atom. The number of methoxy groups -OCH3 is 1. The van der Waals surface area contributed by atoms with Gasteiger partial charge in [-0.1, -0.05) is 23.2 Å². The highest BCUT2D eigenvalue weighted by atomic mass is 35.5. The summed E-state index contributed by atoms with van der Waals surface area (Å²) in [5, 5.41) is 10.1. The van der Waals surface area contributed by atoms with Gasteiger partial charge in [0.15, 0.2) is 5.75 Å². The maximum atomic E-state index is 11.5. The van der Waals surface area contributed by atoms with Gasteiger partial charge in [0.25, 0.3) is 0 Å². The van der Waals surface area contributed by atoms with Gasteiger partial charge in [-0.15, -0.1) is 0 Å². The summed E-state index contributed by atoms with van der Waals surface area (Å²) in [5.74, 6) is 0.169. The lowest BCUT2D eigenvalue weighted by molar-refractivity contribution is 0.0695. The number of rotatable bonds is 5. The Labute approximate surface area is 155 Å². The molecule has 1 unspecified atom stereocenters. The monoisotopic (exact) mass is 381 g/mol. The Kier molecular flexibility index (Phi) is 5.30. The van der Waals surface area contributed by atoms with E-state index in [9.17, 15) is 9.90 Å². The van der Waals surface area contributed by atoms with Gasteiger partial charge in [0, 0.05) is 12.6 Å². The van der Waals surface area contributed by atoms with Crippen molar-refractivity contribution >= 4 is 35.1 Å². The van der Waals surface area contributed by atoms with Crippen molar-refractivity contribution in [2.75, 3.05) is 18.6 Å². The highest BCUT2D eigenvalue weighted by Gasteiger charge is 2.29. The highest BCUT2D eigenvalue weighted by Crippen LogP contribution is 2.33. The lowest BCUT2D eigenvalue weighted by Crippen LogP contribution is -2.33. The number of halogens is 2. The number of carbonyl (C=O) groups is 1. The van der Waals surface area contributed by atoms with Gasteiger partial charge in [-0.3, -0.25) is 0 Å². The van der Waals surface area contributed by atoms with Crippen LogP contribution >= 0.6 is 23.2 Å². The molecule has 8 heteroatoms.